The molecular weight excluding hydrogens is 140 g/mol. The fraction of sp³-hybridized carbons (Fsp3) is 0.429. The highest BCUT2D eigenvalue weighted by Gasteiger charge is 2.13. The van der Waals surface area contributed by atoms with Crippen molar-refractivity contribution in [3.63, 3.8) is 0 Å². The maximum Gasteiger partial charge on any atom is 0.115 e. The lowest BCUT2D eigenvalue weighted by Gasteiger charge is -2.22. The van der Waals surface area contributed by atoms with Gasteiger partial charge in [-0.1, -0.05) is 0 Å². The van der Waals surface area contributed by atoms with E-state index in [0.717, 1.165) is 30.8 Å². The predicted molar refractivity (Wildman–Crippen MR) is 40.3 cm³/mol. The van der Waals surface area contributed by atoms with Gasteiger partial charge in [-0.25, -0.2) is 15.0 Å². The van der Waals surface area contributed by atoms with Crippen LogP contribution >= 0.6 is 0 Å². The van der Waals surface area contributed by atoms with Gasteiger partial charge in [-0.05, 0) is 0 Å². The molecule has 0 aliphatic carbocycles. The van der Waals surface area contributed by atoms with Crippen molar-refractivity contribution in [2.75, 3.05) is 6.54 Å². The number of fused-ring (bicyclic) bond motifs is 1. The first-order chi connectivity index (χ1) is 5.36. The Hall–Kier alpha value is -1.00. The van der Waals surface area contributed by atoms with E-state index in [-0.39, 0.29) is 0 Å². The Morgan fingerprint density at radius 1 is 1.55 bits per heavy atom. The van der Waals surface area contributed by atoms with Crippen molar-refractivity contribution in [2.24, 2.45) is 5.84 Å². The van der Waals surface area contributed by atoms with Gasteiger partial charge in [-0.15, -0.1) is 0 Å². The number of hydrogen-bond donors (Lipinski definition) is 1. The summed E-state index contributed by atoms with van der Waals surface area (Å²) in [6.07, 6.45) is 4.36. The molecule has 0 atom stereocenters. The van der Waals surface area contributed by atoms with Crippen LogP contribution < -0.4 is 5.84 Å². The van der Waals surface area contributed by atoms with E-state index in [2.05, 4.69) is 9.97 Å². The van der Waals surface area contributed by atoms with Gasteiger partial charge in [-0.2, -0.15) is 0 Å². The lowest BCUT2D eigenvalue weighted by Crippen LogP contribution is -2.36. The minimum Gasteiger partial charge on any atom is -0.268 e. The number of hydrogen-bond acceptors (Lipinski definition) is 4. The Morgan fingerprint density at radius 2 is 2.45 bits per heavy atom. The minimum atomic E-state index is 0.774. The summed E-state index contributed by atoms with van der Waals surface area (Å²) in [4.78, 5) is 8.10. The second-order valence-corrected chi connectivity index (χ2v) is 2.72. The number of aromatic nitrogens is 2. The standard InChI is InChI=1S/C7H10N4/c8-11-2-1-7-6(4-11)3-9-5-10-7/h3,5H,1-2,4,8H2. The van der Waals surface area contributed by atoms with E-state index >= 15 is 0 Å². The third-order valence-corrected chi connectivity index (χ3v) is 1.89. The van der Waals surface area contributed by atoms with Crippen LogP contribution in [0.15, 0.2) is 12.5 Å². The zero-order valence-electron chi connectivity index (χ0n) is 6.20. The molecule has 0 saturated carbocycles. The lowest BCUT2D eigenvalue weighted by atomic mass is 10.1. The van der Waals surface area contributed by atoms with Crippen molar-refractivity contribution in [3.05, 3.63) is 23.8 Å². The summed E-state index contributed by atoms with van der Waals surface area (Å²) >= 11 is 0. The van der Waals surface area contributed by atoms with Gasteiger partial charge < -0.3 is 0 Å². The molecule has 11 heavy (non-hydrogen) atoms. The Bertz CT molecular complexity index is 260. The zero-order valence-corrected chi connectivity index (χ0v) is 6.20. The van der Waals surface area contributed by atoms with Gasteiger partial charge in [-0.3, -0.25) is 5.84 Å². The van der Waals surface area contributed by atoms with Gasteiger partial charge in [0.15, 0.2) is 0 Å². The molecule has 4 heteroatoms. The SMILES string of the molecule is NN1CCc2ncncc2C1. The van der Waals surface area contributed by atoms with Gasteiger partial charge in [0.25, 0.3) is 0 Å². The Balaban J connectivity index is 2.34. The van der Waals surface area contributed by atoms with Crippen molar-refractivity contribution in [3.8, 4) is 0 Å². The van der Waals surface area contributed by atoms with Crippen LogP contribution in [0.3, 0.4) is 0 Å². The molecule has 1 aromatic rings. The van der Waals surface area contributed by atoms with Gasteiger partial charge in [0.1, 0.15) is 6.33 Å². The van der Waals surface area contributed by atoms with E-state index in [9.17, 15) is 0 Å². The molecule has 0 amide bonds. The zero-order chi connectivity index (χ0) is 7.68. The van der Waals surface area contributed by atoms with Gasteiger partial charge in [0.2, 0.25) is 0 Å². The van der Waals surface area contributed by atoms with E-state index in [1.807, 2.05) is 6.20 Å². The molecule has 0 unspecified atom stereocenters. The van der Waals surface area contributed by atoms with Crippen LogP contribution in [0.4, 0.5) is 0 Å². The third-order valence-electron chi connectivity index (χ3n) is 1.89. The second kappa shape index (κ2) is 2.56. The molecule has 0 fully saturated rings. The molecule has 0 radical (unpaired) electrons. The molecule has 1 aliphatic heterocycles. The van der Waals surface area contributed by atoms with Crippen molar-refractivity contribution < 1.29 is 0 Å². The molecule has 1 aromatic heterocycles. The van der Waals surface area contributed by atoms with Gasteiger partial charge in [0.05, 0.1) is 0 Å². The molecule has 0 spiro atoms. The monoisotopic (exact) mass is 150 g/mol. The quantitative estimate of drug-likeness (QED) is 0.516. The van der Waals surface area contributed by atoms with E-state index in [1.54, 1.807) is 11.3 Å². The number of hydrazine groups is 1. The summed E-state index contributed by atoms with van der Waals surface area (Å²) in [6, 6.07) is 0. The van der Waals surface area contributed by atoms with Crippen LogP contribution in [-0.2, 0) is 13.0 Å². The summed E-state index contributed by atoms with van der Waals surface area (Å²) in [5, 5.41) is 1.78. The van der Waals surface area contributed by atoms with Gasteiger partial charge >= 0.3 is 0 Å². The van der Waals surface area contributed by atoms with Crippen molar-refractivity contribution in [1.29, 1.82) is 0 Å². The highest BCUT2D eigenvalue weighted by atomic mass is 15.4. The second-order valence-electron chi connectivity index (χ2n) is 2.72. The summed E-state index contributed by atoms with van der Waals surface area (Å²) < 4.78 is 0. The summed E-state index contributed by atoms with van der Waals surface area (Å²) in [5.74, 6) is 5.63. The van der Waals surface area contributed by atoms with Crippen LogP contribution in [0.1, 0.15) is 11.3 Å². The number of rotatable bonds is 0. The highest BCUT2D eigenvalue weighted by Crippen LogP contribution is 2.11. The Labute approximate surface area is 65.0 Å². The average molecular weight is 150 g/mol. The number of nitrogens with two attached hydrogens (primary N) is 1. The predicted octanol–water partition coefficient (Wildman–Crippen LogP) is -0.292. The molecule has 58 valence electrons. The first kappa shape index (κ1) is 6.69. The van der Waals surface area contributed by atoms with Crippen LogP contribution in [0.25, 0.3) is 0 Å². The smallest absolute Gasteiger partial charge is 0.115 e. The Morgan fingerprint density at radius 3 is 3.36 bits per heavy atom. The van der Waals surface area contributed by atoms with E-state index in [4.69, 9.17) is 5.84 Å². The molecule has 0 saturated heterocycles. The molecule has 1 aliphatic rings. The largest absolute Gasteiger partial charge is 0.268 e. The fourth-order valence-electron chi connectivity index (χ4n) is 1.29. The summed E-state index contributed by atoms with van der Waals surface area (Å²) in [6.45, 7) is 1.67. The van der Waals surface area contributed by atoms with Crippen molar-refractivity contribution in [1.82, 2.24) is 15.0 Å². The molecule has 2 N–H and O–H groups in total. The normalized spacial score (nSPS) is 17.9. The van der Waals surface area contributed by atoms with E-state index in [1.165, 1.54) is 0 Å². The molecule has 4 nitrogen and oxygen atoms in total. The molecule has 0 bridgehead atoms. The molecule has 2 rings (SSSR count). The highest BCUT2D eigenvalue weighted by molar-refractivity contribution is 5.18. The maximum absolute atomic E-state index is 5.63. The first-order valence-electron chi connectivity index (χ1n) is 3.63. The topological polar surface area (TPSA) is 55.0 Å². The van der Waals surface area contributed by atoms with Crippen molar-refractivity contribution in [2.45, 2.75) is 13.0 Å². The lowest BCUT2D eigenvalue weighted by molar-refractivity contribution is 0.259. The number of nitrogens with zero attached hydrogens (tertiary/aromatic N) is 3. The van der Waals surface area contributed by atoms with Crippen molar-refractivity contribution >= 4 is 0 Å². The first-order valence-corrected chi connectivity index (χ1v) is 3.63. The van der Waals surface area contributed by atoms with E-state index < -0.39 is 0 Å². The van der Waals surface area contributed by atoms with E-state index in [0.29, 0.717) is 0 Å². The molecule has 2 heterocycles. The molecular formula is C7H10N4. The Kier molecular flexibility index (Phi) is 1.56. The van der Waals surface area contributed by atoms with Crippen LogP contribution in [0.5, 0.6) is 0 Å². The average Bonchev–Trinajstić information content (AvgIpc) is 2.04. The summed E-state index contributed by atoms with van der Waals surface area (Å²) in [7, 11) is 0. The maximum atomic E-state index is 5.63. The summed E-state index contributed by atoms with van der Waals surface area (Å²) in [5.41, 5.74) is 2.29. The fourth-order valence-corrected chi connectivity index (χ4v) is 1.29. The third kappa shape index (κ3) is 1.22. The minimum absolute atomic E-state index is 0.774. The molecule has 0 aromatic carbocycles. The van der Waals surface area contributed by atoms with Crippen LogP contribution in [0.2, 0.25) is 0 Å². The van der Waals surface area contributed by atoms with Gasteiger partial charge in [0, 0.05) is 37.0 Å². The van der Waals surface area contributed by atoms with Crippen LogP contribution in [-0.4, -0.2) is 21.5 Å². The van der Waals surface area contributed by atoms with Crippen LogP contribution in [0, 0.1) is 0 Å².